The Bertz CT molecular complexity index is 624. The Morgan fingerprint density at radius 3 is 2.85 bits per heavy atom. The van der Waals surface area contributed by atoms with Gasteiger partial charge in [-0.15, -0.1) is 12.3 Å². The maximum absolute atomic E-state index is 13.7. The number of anilines is 1. The van der Waals surface area contributed by atoms with Crippen LogP contribution in [0.2, 0.25) is 0 Å². The smallest absolute Gasteiger partial charge is 0.340 e. The standard InChI is InChI=1S/C14H11BrFNO3/c1-3-8-4-13(18)17(7-8)12-6-11(16)10(15)5-9(12)14(19)20-2/h1,5-6,8H,4,7H2,2H3. The molecular weight excluding hydrogens is 329 g/mol. The highest BCUT2D eigenvalue weighted by molar-refractivity contribution is 9.10. The van der Waals surface area contributed by atoms with Gasteiger partial charge in [0.2, 0.25) is 5.91 Å². The Morgan fingerprint density at radius 1 is 1.60 bits per heavy atom. The van der Waals surface area contributed by atoms with Crippen LogP contribution < -0.4 is 4.90 Å². The average Bonchev–Trinajstić information content (AvgIpc) is 2.81. The minimum absolute atomic E-state index is 0.117. The number of nitrogens with zero attached hydrogens (tertiary/aromatic N) is 1. The molecule has 1 aliphatic rings. The van der Waals surface area contributed by atoms with E-state index in [9.17, 15) is 14.0 Å². The van der Waals surface area contributed by atoms with Crippen LogP contribution >= 0.6 is 15.9 Å². The number of halogens is 2. The average molecular weight is 340 g/mol. The first kappa shape index (κ1) is 14.5. The summed E-state index contributed by atoms with van der Waals surface area (Å²) in [5.74, 6) is 0.822. The van der Waals surface area contributed by atoms with Crippen LogP contribution in [0.15, 0.2) is 16.6 Å². The van der Waals surface area contributed by atoms with E-state index in [4.69, 9.17) is 6.42 Å². The van der Waals surface area contributed by atoms with Gasteiger partial charge in [0, 0.05) is 18.9 Å². The summed E-state index contributed by atoms with van der Waals surface area (Å²) in [5.41, 5.74) is 0.298. The van der Waals surface area contributed by atoms with Gasteiger partial charge in [-0.1, -0.05) is 0 Å². The monoisotopic (exact) mass is 339 g/mol. The van der Waals surface area contributed by atoms with Crippen molar-refractivity contribution < 1.29 is 18.7 Å². The largest absolute Gasteiger partial charge is 0.465 e. The lowest BCUT2D eigenvalue weighted by molar-refractivity contribution is -0.117. The number of terminal acetylenes is 1. The molecule has 1 aliphatic heterocycles. The third kappa shape index (κ3) is 2.54. The van der Waals surface area contributed by atoms with E-state index in [-0.39, 0.29) is 40.5 Å². The Labute approximate surface area is 124 Å². The topological polar surface area (TPSA) is 46.6 Å². The Balaban J connectivity index is 2.51. The van der Waals surface area contributed by atoms with Gasteiger partial charge in [-0.25, -0.2) is 9.18 Å². The number of rotatable bonds is 2. The van der Waals surface area contributed by atoms with E-state index >= 15 is 0 Å². The second kappa shape index (κ2) is 5.63. The Kier molecular flexibility index (Phi) is 4.09. The van der Waals surface area contributed by atoms with Crippen molar-refractivity contribution in [2.45, 2.75) is 6.42 Å². The van der Waals surface area contributed by atoms with Crippen LogP contribution in [-0.2, 0) is 9.53 Å². The van der Waals surface area contributed by atoms with Crippen molar-refractivity contribution in [3.05, 3.63) is 28.0 Å². The number of esters is 1. The van der Waals surface area contributed by atoms with Gasteiger partial charge in [0.25, 0.3) is 0 Å². The predicted molar refractivity (Wildman–Crippen MR) is 74.7 cm³/mol. The molecular formula is C14H11BrFNO3. The van der Waals surface area contributed by atoms with E-state index in [2.05, 4.69) is 26.6 Å². The summed E-state index contributed by atoms with van der Waals surface area (Å²) >= 11 is 3.01. The molecule has 104 valence electrons. The second-order valence-corrected chi connectivity index (χ2v) is 5.20. The minimum atomic E-state index is -0.641. The van der Waals surface area contributed by atoms with Crippen molar-refractivity contribution in [2.75, 3.05) is 18.6 Å². The van der Waals surface area contributed by atoms with Gasteiger partial charge < -0.3 is 9.64 Å². The highest BCUT2D eigenvalue weighted by Gasteiger charge is 2.32. The molecule has 0 saturated carbocycles. The zero-order valence-electron chi connectivity index (χ0n) is 10.7. The van der Waals surface area contributed by atoms with Gasteiger partial charge in [0.05, 0.1) is 22.8 Å². The van der Waals surface area contributed by atoms with Gasteiger partial charge in [0.15, 0.2) is 0 Å². The predicted octanol–water partition coefficient (Wildman–Crippen LogP) is 2.36. The Hall–Kier alpha value is -1.87. The number of amides is 1. The summed E-state index contributed by atoms with van der Waals surface area (Å²) in [5, 5.41) is 0. The maximum Gasteiger partial charge on any atom is 0.340 e. The van der Waals surface area contributed by atoms with Crippen molar-refractivity contribution >= 4 is 33.5 Å². The molecule has 1 saturated heterocycles. The fourth-order valence-corrected chi connectivity index (χ4v) is 2.43. The molecule has 20 heavy (non-hydrogen) atoms. The van der Waals surface area contributed by atoms with Crippen molar-refractivity contribution in [2.24, 2.45) is 5.92 Å². The van der Waals surface area contributed by atoms with Crippen LogP contribution in [0.4, 0.5) is 10.1 Å². The number of benzene rings is 1. The van der Waals surface area contributed by atoms with Gasteiger partial charge >= 0.3 is 5.97 Å². The number of hydrogen-bond acceptors (Lipinski definition) is 3. The lowest BCUT2D eigenvalue weighted by Crippen LogP contribution is -2.27. The first-order valence-electron chi connectivity index (χ1n) is 5.81. The van der Waals surface area contributed by atoms with Crippen LogP contribution in [-0.4, -0.2) is 25.5 Å². The third-order valence-corrected chi connectivity index (χ3v) is 3.70. The van der Waals surface area contributed by atoms with Crippen LogP contribution in [0, 0.1) is 24.1 Å². The number of carbonyl (C=O) groups excluding carboxylic acids is 2. The first-order chi connectivity index (χ1) is 9.47. The molecule has 1 aromatic rings. The van der Waals surface area contributed by atoms with Crippen molar-refractivity contribution in [1.29, 1.82) is 0 Å². The molecule has 0 radical (unpaired) electrons. The van der Waals surface area contributed by atoms with E-state index in [0.717, 1.165) is 6.07 Å². The number of hydrogen-bond donors (Lipinski definition) is 0. The molecule has 1 heterocycles. The molecule has 0 bridgehead atoms. The minimum Gasteiger partial charge on any atom is -0.465 e. The molecule has 1 fully saturated rings. The van der Waals surface area contributed by atoms with Crippen LogP contribution in [0.5, 0.6) is 0 Å². The third-order valence-electron chi connectivity index (χ3n) is 3.10. The summed E-state index contributed by atoms with van der Waals surface area (Å²) in [6.45, 7) is 0.264. The molecule has 4 nitrogen and oxygen atoms in total. The second-order valence-electron chi connectivity index (χ2n) is 4.35. The van der Waals surface area contributed by atoms with E-state index in [1.807, 2.05) is 0 Å². The zero-order chi connectivity index (χ0) is 14.9. The summed E-state index contributed by atoms with van der Waals surface area (Å²) in [4.78, 5) is 25.0. The molecule has 1 atom stereocenters. The van der Waals surface area contributed by atoms with Gasteiger partial charge in [-0.2, -0.15) is 0 Å². The number of ether oxygens (including phenoxy) is 1. The van der Waals surface area contributed by atoms with Crippen molar-refractivity contribution in [3.8, 4) is 12.3 Å². The molecule has 0 spiro atoms. The SMILES string of the molecule is C#CC1CC(=O)N(c2cc(F)c(Br)cc2C(=O)OC)C1. The fourth-order valence-electron chi connectivity index (χ4n) is 2.09. The zero-order valence-corrected chi connectivity index (χ0v) is 12.2. The quantitative estimate of drug-likeness (QED) is 0.613. The fraction of sp³-hybridized carbons (Fsp3) is 0.286. The first-order valence-corrected chi connectivity index (χ1v) is 6.61. The van der Waals surface area contributed by atoms with Gasteiger partial charge in [-0.05, 0) is 28.1 Å². The van der Waals surface area contributed by atoms with Crippen molar-refractivity contribution in [1.82, 2.24) is 0 Å². The summed E-state index contributed by atoms with van der Waals surface area (Å²) in [6.07, 6.45) is 5.50. The summed E-state index contributed by atoms with van der Waals surface area (Å²) in [7, 11) is 1.22. The lowest BCUT2D eigenvalue weighted by Gasteiger charge is -2.19. The maximum atomic E-state index is 13.7. The molecule has 0 aliphatic carbocycles. The number of methoxy groups -OCH3 is 1. The van der Waals surface area contributed by atoms with E-state index in [0.29, 0.717) is 0 Å². The molecule has 6 heteroatoms. The molecule has 1 amide bonds. The van der Waals surface area contributed by atoms with Gasteiger partial charge in [-0.3, -0.25) is 4.79 Å². The van der Waals surface area contributed by atoms with Gasteiger partial charge in [0.1, 0.15) is 5.82 Å². The molecule has 0 N–H and O–H groups in total. The van der Waals surface area contributed by atoms with E-state index in [1.54, 1.807) is 0 Å². The normalized spacial score (nSPS) is 18.0. The van der Waals surface area contributed by atoms with Crippen LogP contribution in [0.3, 0.4) is 0 Å². The highest BCUT2D eigenvalue weighted by Crippen LogP contribution is 2.32. The molecule has 1 aromatic carbocycles. The van der Waals surface area contributed by atoms with E-state index in [1.165, 1.54) is 18.1 Å². The van der Waals surface area contributed by atoms with E-state index < -0.39 is 11.8 Å². The highest BCUT2D eigenvalue weighted by atomic mass is 79.9. The lowest BCUT2D eigenvalue weighted by atomic mass is 10.1. The summed E-state index contributed by atoms with van der Waals surface area (Å²) in [6, 6.07) is 2.43. The summed E-state index contributed by atoms with van der Waals surface area (Å²) < 4.78 is 18.5. The van der Waals surface area contributed by atoms with Crippen LogP contribution in [0.25, 0.3) is 0 Å². The van der Waals surface area contributed by atoms with Crippen LogP contribution in [0.1, 0.15) is 16.8 Å². The Morgan fingerprint density at radius 2 is 2.30 bits per heavy atom. The van der Waals surface area contributed by atoms with Crippen molar-refractivity contribution in [3.63, 3.8) is 0 Å². The molecule has 0 aromatic heterocycles. The number of carbonyl (C=O) groups is 2. The molecule has 1 unspecified atom stereocenters. The molecule has 2 rings (SSSR count).